The molecule has 3 heterocycles. The second kappa shape index (κ2) is 10.5. The summed E-state index contributed by atoms with van der Waals surface area (Å²) in [6, 6.07) is 10.2. The molecule has 3 atom stereocenters. The van der Waals surface area contributed by atoms with Crippen LogP contribution in [0.2, 0.25) is 0 Å². The van der Waals surface area contributed by atoms with Gasteiger partial charge in [-0.25, -0.2) is 18.2 Å². The van der Waals surface area contributed by atoms with Crippen molar-refractivity contribution in [2.24, 2.45) is 7.05 Å². The number of halogens is 4. The van der Waals surface area contributed by atoms with Gasteiger partial charge in [-0.1, -0.05) is 36.4 Å². The summed E-state index contributed by atoms with van der Waals surface area (Å²) in [5.74, 6) is -1.73. The van der Waals surface area contributed by atoms with Gasteiger partial charge < -0.3 is 10.2 Å². The molecule has 1 saturated carbocycles. The second-order valence-corrected chi connectivity index (χ2v) is 9.79. The number of amides is 2. The van der Waals surface area contributed by atoms with Gasteiger partial charge in [0.25, 0.3) is 6.43 Å². The van der Waals surface area contributed by atoms with Crippen LogP contribution in [0.5, 0.6) is 0 Å². The Labute approximate surface area is 216 Å². The van der Waals surface area contributed by atoms with Gasteiger partial charge in [0.1, 0.15) is 12.2 Å². The summed E-state index contributed by atoms with van der Waals surface area (Å²) < 4.78 is 57.2. The normalized spacial score (nSPS) is 20.1. The van der Waals surface area contributed by atoms with Crippen LogP contribution in [-0.2, 0) is 23.1 Å². The lowest BCUT2D eigenvalue weighted by Gasteiger charge is -2.27. The summed E-state index contributed by atoms with van der Waals surface area (Å²) in [7, 11) is 1.44. The molecule has 1 aliphatic carbocycles. The van der Waals surface area contributed by atoms with Crippen LogP contribution in [0.25, 0.3) is 0 Å². The van der Waals surface area contributed by atoms with Crippen molar-refractivity contribution in [3.63, 3.8) is 0 Å². The number of benzene rings is 1. The van der Waals surface area contributed by atoms with Crippen LogP contribution in [-0.4, -0.2) is 50.2 Å². The van der Waals surface area contributed by atoms with Gasteiger partial charge in [-0.3, -0.25) is 14.3 Å². The van der Waals surface area contributed by atoms with E-state index in [4.69, 9.17) is 0 Å². The van der Waals surface area contributed by atoms with Gasteiger partial charge in [-0.15, -0.1) is 0 Å². The predicted molar refractivity (Wildman–Crippen MR) is 129 cm³/mol. The number of hydrogen-bond donors (Lipinski definition) is 1. The molecule has 2 aliphatic rings. The van der Waals surface area contributed by atoms with Crippen molar-refractivity contribution in [3.05, 3.63) is 82.7 Å². The molecule has 0 radical (unpaired) electrons. The van der Waals surface area contributed by atoms with Crippen LogP contribution in [0.1, 0.15) is 65.7 Å². The zero-order chi connectivity index (χ0) is 27.0. The standard InChI is InChI=1S/C27H27F4N5O2/c1-35-21(19(13-32-35)25(29)30)12-23(37)36-14-17(28)11-22(36)27(38)34-24(16-5-3-2-4-6-16)20-10-9-18(15-7-8-15)26(31)33-20/h2-6,9-10,13,15,17,22,24-25H,7-8,11-12,14H2,1H3,(H,34,38). The number of pyridine rings is 1. The highest BCUT2D eigenvalue weighted by Gasteiger charge is 2.41. The predicted octanol–water partition coefficient (Wildman–Crippen LogP) is 4.16. The largest absolute Gasteiger partial charge is 0.342 e. The number of likely N-dealkylation sites (tertiary alicyclic amines) is 1. The van der Waals surface area contributed by atoms with Crippen molar-refractivity contribution in [3.8, 4) is 0 Å². The highest BCUT2D eigenvalue weighted by molar-refractivity contribution is 5.89. The highest BCUT2D eigenvalue weighted by atomic mass is 19.3. The summed E-state index contributed by atoms with van der Waals surface area (Å²) >= 11 is 0. The van der Waals surface area contributed by atoms with E-state index in [-0.39, 0.29) is 35.8 Å². The molecule has 0 spiro atoms. The average molecular weight is 530 g/mol. The first-order valence-electron chi connectivity index (χ1n) is 12.5. The molecular formula is C27H27F4N5O2. The topological polar surface area (TPSA) is 80.1 Å². The molecule has 200 valence electrons. The Kier molecular flexibility index (Phi) is 7.18. The maximum Gasteiger partial charge on any atom is 0.267 e. The fourth-order valence-electron chi connectivity index (χ4n) is 4.96. The summed E-state index contributed by atoms with van der Waals surface area (Å²) in [5, 5.41) is 6.62. The number of rotatable bonds is 8. The first-order chi connectivity index (χ1) is 18.2. The Morgan fingerprint density at radius 3 is 2.53 bits per heavy atom. The highest BCUT2D eigenvalue weighted by Crippen LogP contribution is 2.41. The molecule has 7 nitrogen and oxygen atoms in total. The van der Waals surface area contributed by atoms with E-state index in [0.717, 1.165) is 23.9 Å². The van der Waals surface area contributed by atoms with Crippen molar-refractivity contribution < 1.29 is 27.2 Å². The number of carbonyl (C=O) groups excluding carboxylic acids is 2. The lowest BCUT2D eigenvalue weighted by atomic mass is 10.0. The van der Waals surface area contributed by atoms with Crippen LogP contribution < -0.4 is 5.32 Å². The molecule has 1 aromatic carbocycles. The Balaban J connectivity index is 1.38. The minimum Gasteiger partial charge on any atom is -0.342 e. The van der Waals surface area contributed by atoms with Gasteiger partial charge in [-0.05, 0) is 30.4 Å². The molecule has 11 heteroatoms. The minimum absolute atomic E-state index is 0.00376. The van der Waals surface area contributed by atoms with Crippen molar-refractivity contribution in [1.29, 1.82) is 0 Å². The fourth-order valence-corrected chi connectivity index (χ4v) is 4.96. The first kappa shape index (κ1) is 25.9. The van der Waals surface area contributed by atoms with Crippen LogP contribution in [0.4, 0.5) is 17.6 Å². The van der Waals surface area contributed by atoms with E-state index < -0.39 is 48.9 Å². The van der Waals surface area contributed by atoms with E-state index in [1.165, 1.54) is 11.7 Å². The van der Waals surface area contributed by atoms with E-state index in [1.54, 1.807) is 42.5 Å². The Morgan fingerprint density at radius 2 is 1.87 bits per heavy atom. The molecule has 2 amide bonds. The van der Waals surface area contributed by atoms with E-state index in [9.17, 15) is 27.2 Å². The summed E-state index contributed by atoms with van der Waals surface area (Å²) in [5.41, 5.74) is 1.07. The molecule has 1 aliphatic heterocycles. The summed E-state index contributed by atoms with van der Waals surface area (Å²) in [6.45, 7) is -0.336. The molecule has 3 aromatic rings. The van der Waals surface area contributed by atoms with Gasteiger partial charge >= 0.3 is 0 Å². The van der Waals surface area contributed by atoms with Crippen LogP contribution >= 0.6 is 0 Å². The number of nitrogens with one attached hydrogen (secondary N) is 1. The average Bonchev–Trinajstić information content (AvgIpc) is 3.56. The van der Waals surface area contributed by atoms with Gasteiger partial charge in [-0.2, -0.15) is 9.49 Å². The van der Waals surface area contributed by atoms with Crippen molar-refractivity contribution in [1.82, 2.24) is 25.0 Å². The molecule has 2 fully saturated rings. The van der Waals surface area contributed by atoms with Crippen molar-refractivity contribution >= 4 is 11.8 Å². The van der Waals surface area contributed by atoms with Crippen molar-refractivity contribution in [2.75, 3.05) is 6.54 Å². The number of hydrogen-bond acceptors (Lipinski definition) is 4. The SMILES string of the molecule is Cn1ncc(C(F)F)c1CC(=O)N1CC(F)CC1C(=O)NC(c1ccccc1)c1ccc(C2CC2)c(F)n1. The van der Waals surface area contributed by atoms with Gasteiger partial charge in [0.2, 0.25) is 17.8 Å². The maximum atomic E-state index is 14.8. The zero-order valence-electron chi connectivity index (χ0n) is 20.7. The molecule has 3 unspecified atom stereocenters. The van der Waals surface area contributed by atoms with E-state index in [0.29, 0.717) is 11.1 Å². The third-order valence-electron chi connectivity index (χ3n) is 7.15. The maximum absolute atomic E-state index is 14.8. The fraction of sp³-hybridized carbons (Fsp3) is 0.407. The lowest BCUT2D eigenvalue weighted by Crippen LogP contribution is -2.47. The molecule has 2 aromatic heterocycles. The van der Waals surface area contributed by atoms with E-state index in [1.807, 2.05) is 0 Å². The van der Waals surface area contributed by atoms with Crippen molar-refractivity contribution in [2.45, 2.75) is 56.3 Å². The summed E-state index contributed by atoms with van der Waals surface area (Å²) in [6.07, 6.45) is -2.18. The minimum atomic E-state index is -2.83. The lowest BCUT2D eigenvalue weighted by molar-refractivity contribution is -0.138. The number of nitrogens with zero attached hydrogens (tertiary/aromatic N) is 4. The smallest absolute Gasteiger partial charge is 0.267 e. The molecule has 1 saturated heterocycles. The van der Waals surface area contributed by atoms with Gasteiger partial charge in [0.15, 0.2) is 0 Å². The second-order valence-electron chi connectivity index (χ2n) is 9.79. The Hall–Kier alpha value is -3.76. The number of alkyl halides is 3. The number of carbonyl (C=O) groups is 2. The first-order valence-corrected chi connectivity index (χ1v) is 12.5. The molecular weight excluding hydrogens is 502 g/mol. The number of aryl methyl sites for hydroxylation is 1. The molecule has 1 N–H and O–H groups in total. The monoisotopic (exact) mass is 529 g/mol. The van der Waals surface area contributed by atoms with Crippen LogP contribution in [0.15, 0.2) is 48.7 Å². The van der Waals surface area contributed by atoms with E-state index >= 15 is 0 Å². The molecule has 38 heavy (non-hydrogen) atoms. The van der Waals surface area contributed by atoms with Gasteiger partial charge in [0, 0.05) is 19.0 Å². The summed E-state index contributed by atoms with van der Waals surface area (Å²) in [4.78, 5) is 31.8. The van der Waals surface area contributed by atoms with E-state index in [2.05, 4.69) is 15.4 Å². The van der Waals surface area contributed by atoms with Crippen LogP contribution in [0.3, 0.4) is 0 Å². The van der Waals surface area contributed by atoms with Crippen LogP contribution in [0, 0.1) is 5.95 Å². The Morgan fingerprint density at radius 1 is 1.13 bits per heavy atom. The third kappa shape index (κ3) is 5.27. The quantitative estimate of drug-likeness (QED) is 0.351. The third-order valence-corrected chi connectivity index (χ3v) is 7.15. The Bertz CT molecular complexity index is 1330. The molecule has 0 bridgehead atoms. The van der Waals surface area contributed by atoms with Gasteiger partial charge in [0.05, 0.1) is 42.2 Å². The zero-order valence-corrected chi connectivity index (χ0v) is 20.7. The molecule has 5 rings (SSSR count). The number of aromatic nitrogens is 3.